The number of halogens is 1. The molecule has 0 amide bonds. The fourth-order valence-electron chi connectivity index (χ4n) is 1.38. The van der Waals surface area contributed by atoms with Crippen molar-refractivity contribution in [1.29, 1.82) is 0 Å². The van der Waals surface area contributed by atoms with Crippen molar-refractivity contribution in [1.82, 2.24) is 15.0 Å². The third kappa shape index (κ3) is 2.69. The van der Waals surface area contributed by atoms with Gasteiger partial charge in [-0.3, -0.25) is 4.98 Å². The molecule has 3 N–H and O–H groups in total. The quantitative estimate of drug-likeness (QED) is 0.643. The second-order valence-corrected chi connectivity index (χ2v) is 3.86. The molecular weight excluding hydrogens is 238 g/mol. The summed E-state index contributed by atoms with van der Waals surface area (Å²) in [4.78, 5) is 12.8. The molecule has 0 atom stereocenters. The summed E-state index contributed by atoms with van der Waals surface area (Å²) >= 11 is 5.78. The van der Waals surface area contributed by atoms with Gasteiger partial charge in [0.05, 0.1) is 5.02 Å². The van der Waals surface area contributed by atoms with Gasteiger partial charge in [0.2, 0.25) is 0 Å². The number of anilines is 1. The molecule has 0 fully saturated rings. The average molecular weight is 250 g/mol. The molecule has 2 rings (SSSR count). The van der Waals surface area contributed by atoms with E-state index < -0.39 is 0 Å². The van der Waals surface area contributed by atoms with Gasteiger partial charge >= 0.3 is 0 Å². The van der Waals surface area contributed by atoms with E-state index in [1.165, 1.54) is 0 Å². The first kappa shape index (κ1) is 11.8. The number of aromatic nitrogens is 3. The fourth-order valence-corrected chi connectivity index (χ4v) is 1.49. The summed E-state index contributed by atoms with van der Waals surface area (Å²) in [6, 6.07) is 5.33. The number of hydrogen-bond donors (Lipinski definition) is 2. The second kappa shape index (κ2) is 5.07. The highest BCUT2D eigenvalue weighted by Crippen LogP contribution is 2.17. The summed E-state index contributed by atoms with van der Waals surface area (Å²) in [5.41, 5.74) is 4.09. The Morgan fingerprint density at radius 3 is 2.76 bits per heavy atom. The van der Waals surface area contributed by atoms with Gasteiger partial charge in [0.25, 0.3) is 0 Å². The first-order chi connectivity index (χ1) is 8.22. The molecule has 5 nitrogen and oxygen atoms in total. The van der Waals surface area contributed by atoms with Gasteiger partial charge in [0.1, 0.15) is 11.5 Å². The lowest BCUT2D eigenvalue weighted by Gasteiger charge is -2.05. The van der Waals surface area contributed by atoms with Crippen LogP contribution in [0.25, 0.3) is 11.5 Å². The fraction of sp³-hybridized carbons (Fsp3) is 0.182. The molecule has 2 aromatic rings. The molecule has 0 aromatic carbocycles. The highest BCUT2D eigenvalue weighted by molar-refractivity contribution is 6.30. The van der Waals surface area contributed by atoms with Crippen molar-refractivity contribution in [2.45, 2.75) is 13.3 Å². The Morgan fingerprint density at radius 2 is 2.18 bits per heavy atom. The number of pyridine rings is 1. The van der Waals surface area contributed by atoms with Crippen molar-refractivity contribution in [2.24, 2.45) is 5.84 Å². The molecule has 0 radical (unpaired) electrons. The molecule has 0 unspecified atom stereocenters. The second-order valence-electron chi connectivity index (χ2n) is 3.43. The van der Waals surface area contributed by atoms with Gasteiger partial charge in [-0.1, -0.05) is 18.5 Å². The van der Waals surface area contributed by atoms with E-state index in [1.54, 1.807) is 24.4 Å². The maximum absolute atomic E-state index is 5.78. The zero-order chi connectivity index (χ0) is 12.3. The molecule has 0 saturated carbocycles. The maximum atomic E-state index is 5.78. The Kier molecular flexibility index (Phi) is 3.51. The number of hydrazine groups is 1. The van der Waals surface area contributed by atoms with Crippen LogP contribution in [0, 0.1) is 0 Å². The van der Waals surface area contributed by atoms with Crippen molar-refractivity contribution in [3.8, 4) is 11.5 Å². The summed E-state index contributed by atoms with van der Waals surface area (Å²) in [5, 5.41) is 0.581. The van der Waals surface area contributed by atoms with E-state index in [2.05, 4.69) is 20.4 Å². The van der Waals surface area contributed by atoms with Crippen LogP contribution in [0.3, 0.4) is 0 Å². The van der Waals surface area contributed by atoms with Crippen LogP contribution in [0.4, 0.5) is 5.82 Å². The summed E-state index contributed by atoms with van der Waals surface area (Å²) in [5.74, 6) is 6.47. The topological polar surface area (TPSA) is 76.7 Å². The molecule has 17 heavy (non-hydrogen) atoms. The normalized spacial score (nSPS) is 10.3. The SMILES string of the molecule is CCc1cc(NN)nc(-c2ccc(Cl)cn2)n1. The molecule has 0 bridgehead atoms. The largest absolute Gasteiger partial charge is 0.308 e. The zero-order valence-corrected chi connectivity index (χ0v) is 10.1. The predicted molar refractivity (Wildman–Crippen MR) is 67.5 cm³/mol. The number of nitrogens with two attached hydrogens (primary N) is 1. The Bertz CT molecular complexity index is 490. The van der Waals surface area contributed by atoms with Crippen LogP contribution in [-0.2, 0) is 6.42 Å². The minimum absolute atomic E-state index is 0.536. The van der Waals surface area contributed by atoms with Crippen LogP contribution in [-0.4, -0.2) is 15.0 Å². The third-order valence-electron chi connectivity index (χ3n) is 2.25. The van der Waals surface area contributed by atoms with Gasteiger partial charge in [-0.15, -0.1) is 0 Å². The van der Waals surface area contributed by atoms with Crippen molar-refractivity contribution >= 4 is 17.4 Å². The molecule has 0 spiro atoms. The number of nitrogens with zero attached hydrogens (tertiary/aromatic N) is 3. The van der Waals surface area contributed by atoms with Crippen LogP contribution in [0.15, 0.2) is 24.4 Å². The van der Waals surface area contributed by atoms with Gasteiger partial charge in [0.15, 0.2) is 5.82 Å². The van der Waals surface area contributed by atoms with Crippen molar-refractivity contribution in [3.05, 3.63) is 35.1 Å². The van der Waals surface area contributed by atoms with Gasteiger partial charge < -0.3 is 5.43 Å². The van der Waals surface area contributed by atoms with Gasteiger partial charge in [-0.25, -0.2) is 15.8 Å². The number of nitrogens with one attached hydrogen (secondary N) is 1. The van der Waals surface area contributed by atoms with Crippen LogP contribution in [0.5, 0.6) is 0 Å². The number of aryl methyl sites for hydroxylation is 1. The summed E-state index contributed by atoms with van der Waals surface area (Å²) in [6.45, 7) is 2.02. The van der Waals surface area contributed by atoms with E-state index in [0.29, 0.717) is 22.4 Å². The first-order valence-electron chi connectivity index (χ1n) is 5.19. The smallest absolute Gasteiger partial charge is 0.180 e. The number of hydrogen-bond acceptors (Lipinski definition) is 5. The zero-order valence-electron chi connectivity index (χ0n) is 9.31. The molecule has 88 valence electrons. The van der Waals surface area contributed by atoms with E-state index in [4.69, 9.17) is 17.4 Å². The molecule has 0 aliphatic rings. The minimum Gasteiger partial charge on any atom is -0.308 e. The Labute approximate surface area is 104 Å². The van der Waals surface area contributed by atoms with E-state index in [0.717, 1.165) is 12.1 Å². The molecule has 6 heteroatoms. The van der Waals surface area contributed by atoms with Crippen molar-refractivity contribution in [2.75, 3.05) is 5.43 Å². The minimum atomic E-state index is 0.536. The molecule has 2 aromatic heterocycles. The Hall–Kier alpha value is -1.72. The van der Waals surface area contributed by atoms with Crippen molar-refractivity contribution < 1.29 is 0 Å². The van der Waals surface area contributed by atoms with Crippen LogP contribution in [0.1, 0.15) is 12.6 Å². The standard InChI is InChI=1S/C11H12ClN5/c1-2-8-5-10(17-13)16-11(15-8)9-4-3-7(12)6-14-9/h3-6H,2,13H2,1H3,(H,15,16,17). The molecule has 0 aliphatic carbocycles. The first-order valence-corrected chi connectivity index (χ1v) is 5.57. The monoisotopic (exact) mass is 249 g/mol. The summed E-state index contributed by atoms with van der Waals surface area (Å²) in [6.07, 6.45) is 2.37. The molecule has 0 saturated heterocycles. The van der Waals surface area contributed by atoms with Crippen molar-refractivity contribution in [3.63, 3.8) is 0 Å². The highest BCUT2D eigenvalue weighted by atomic mass is 35.5. The van der Waals surface area contributed by atoms with E-state index in [9.17, 15) is 0 Å². The van der Waals surface area contributed by atoms with Crippen LogP contribution in [0.2, 0.25) is 5.02 Å². The van der Waals surface area contributed by atoms with Crippen LogP contribution < -0.4 is 11.3 Å². The third-order valence-corrected chi connectivity index (χ3v) is 2.47. The lowest BCUT2D eigenvalue weighted by Crippen LogP contribution is -2.10. The maximum Gasteiger partial charge on any atom is 0.180 e. The lowest BCUT2D eigenvalue weighted by molar-refractivity contribution is 0.994. The van der Waals surface area contributed by atoms with E-state index >= 15 is 0 Å². The van der Waals surface area contributed by atoms with Gasteiger partial charge in [0, 0.05) is 18.0 Å². The summed E-state index contributed by atoms with van der Waals surface area (Å²) < 4.78 is 0. The molecular formula is C11H12ClN5. The highest BCUT2D eigenvalue weighted by Gasteiger charge is 2.06. The van der Waals surface area contributed by atoms with Crippen LogP contribution >= 0.6 is 11.6 Å². The Morgan fingerprint density at radius 1 is 1.35 bits per heavy atom. The average Bonchev–Trinajstić information content (AvgIpc) is 2.39. The molecule has 0 aliphatic heterocycles. The van der Waals surface area contributed by atoms with Gasteiger partial charge in [-0.2, -0.15) is 0 Å². The summed E-state index contributed by atoms with van der Waals surface area (Å²) in [7, 11) is 0. The number of rotatable bonds is 3. The molecule has 2 heterocycles. The van der Waals surface area contributed by atoms with E-state index in [1.807, 2.05) is 6.92 Å². The number of nitrogen functional groups attached to an aromatic ring is 1. The Balaban J connectivity index is 2.46. The van der Waals surface area contributed by atoms with Gasteiger partial charge in [-0.05, 0) is 18.6 Å². The predicted octanol–water partition coefficient (Wildman–Crippen LogP) is 2.04. The lowest BCUT2D eigenvalue weighted by atomic mass is 10.3. The van der Waals surface area contributed by atoms with E-state index in [-0.39, 0.29) is 0 Å².